The first kappa shape index (κ1) is 14.9. The van der Waals surface area contributed by atoms with Crippen LogP contribution in [0.25, 0.3) is 0 Å². The molecular weight excluding hydrogens is 254 g/mol. The molecule has 1 rings (SSSR count). The zero-order valence-corrected chi connectivity index (χ0v) is 11.8. The Morgan fingerprint density at radius 3 is 2.61 bits per heavy atom. The summed E-state index contributed by atoms with van der Waals surface area (Å²) >= 11 is 0. The number of rotatable bonds is 5. The molecule has 1 aromatic rings. The van der Waals surface area contributed by atoms with Gasteiger partial charge in [-0.05, 0) is 26.0 Å². The number of aliphatic hydroxyl groups is 1. The van der Waals surface area contributed by atoms with E-state index in [1.165, 1.54) is 19.3 Å². The lowest BCUT2D eigenvalue weighted by molar-refractivity contribution is 0.138. The molecule has 0 unspecified atom stereocenters. The molecule has 0 saturated carbocycles. The second kappa shape index (κ2) is 5.21. The predicted octanol–water partition coefficient (Wildman–Crippen LogP) is 0.515. The molecule has 7 heteroatoms. The number of nitrogens with zero attached hydrogens (tertiary/aromatic N) is 2. The summed E-state index contributed by atoms with van der Waals surface area (Å²) in [5, 5.41) is 12.0. The topological polar surface area (TPSA) is 82.5 Å². The minimum atomic E-state index is -3.70. The van der Waals surface area contributed by atoms with E-state index in [2.05, 4.69) is 10.3 Å². The number of hydrogen-bond acceptors (Lipinski definition) is 5. The highest BCUT2D eigenvalue weighted by Gasteiger charge is 2.35. The molecule has 0 fully saturated rings. The molecule has 0 bridgehead atoms. The normalized spacial score (nSPS) is 12.8. The van der Waals surface area contributed by atoms with Crippen LogP contribution in [0.5, 0.6) is 0 Å². The van der Waals surface area contributed by atoms with Crippen LogP contribution in [0.4, 0.5) is 5.82 Å². The molecule has 1 aromatic heterocycles. The fourth-order valence-electron chi connectivity index (χ4n) is 1.36. The lowest BCUT2D eigenvalue weighted by atomic mass is 10.1. The zero-order chi connectivity index (χ0) is 14.0. The molecule has 0 amide bonds. The third-order valence-electron chi connectivity index (χ3n) is 2.89. The highest BCUT2D eigenvalue weighted by molar-refractivity contribution is 7.89. The Morgan fingerprint density at radius 2 is 2.11 bits per heavy atom. The number of likely N-dealkylation sites (N-methyl/N-ethyl adjacent to an activating group) is 1. The highest BCUT2D eigenvalue weighted by Crippen LogP contribution is 2.26. The number of aliphatic hydroxyl groups excluding tert-OH is 1. The average Bonchev–Trinajstić information content (AvgIpc) is 2.37. The molecule has 0 spiro atoms. The van der Waals surface area contributed by atoms with Crippen LogP contribution in [0.1, 0.15) is 13.8 Å². The van der Waals surface area contributed by atoms with Crippen LogP contribution in [-0.2, 0) is 10.0 Å². The lowest BCUT2D eigenvalue weighted by Gasteiger charge is -2.33. The SMILES string of the molecule is CNc1ncccc1S(=O)(=O)N(C)C(C)(C)CO. The number of sulfonamides is 1. The van der Waals surface area contributed by atoms with Crippen molar-refractivity contribution in [3.05, 3.63) is 18.3 Å². The molecule has 102 valence electrons. The van der Waals surface area contributed by atoms with Crippen molar-refractivity contribution in [3.8, 4) is 0 Å². The van der Waals surface area contributed by atoms with Crippen LogP contribution in [0, 0.1) is 0 Å². The second-order valence-electron chi connectivity index (χ2n) is 4.54. The minimum absolute atomic E-state index is 0.0940. The summed E-state index contributed by atoms with van der Waals surface area (Å²) < 4.78 is 26.1. The Bertz CT molecular complexity index is 514. The molecule has 0 aliphatic heterocycles. The van der Waals surface area contributed by atoms with Gasteiger partial charge in [0, 0.05) is 20.3 Å². The summed E-state index contributed by atoms with van der Waals surface area (Å²) in [4.78, 5) is 4.07. The molecule has 2 N–H and O–H groups in total. The van der Waals surface area contributed by atoms with Gasteiger partial charge in [0.05, 0.1) is 12.1 Å². The van der Waals surface area contributed by atoms with Crippen molar-refractivity contribution < 1.29 is 13.5 Å². The molecule has 1 heterocycles. The van der Waals surface area contributed by atoms with Crippen molar-refractivity contribution in [2.24, 2.45) is 0 Å². The number of hydrogen-bond donors (Lipinski definition) is 2. The quantitative estimate of drug-likeness (QED) is 0.817. The van der Waals surface area contributed by atoms with E-state index in [9.17, 15) is 13.5 Å². The largest absolute Gasteiger partial charge is 0.394 e. The first-order valence-electron chi connectivity index (χ1n) is 5.50. The van der Waals surface area contributed by atoms with Gasteiger partial charge in [0.2, 0.25) is 10.0 Å². The summed E-state index contributed by atoms with van der Waals surface area (Å²) in [6, 6.07) is 3.05. The molecule has 0 aliphatic rings. The lowest BCUT2D eigenvalue weighted by Crippen LogP contribution is -2.47. The summed E-state index contributed by atoms with van der Waals surface area (Å²) in [6.07, 6.45) is 1.52. The summed E-state index contributed by atoms with van der Waals surface area (Å²) in [5.74, 6) is 0.290. The zero-order valence-electron chi connectivity index (χ0n) is 11.0. The summed E-state index contributed by atoms with van der Waals surface area (Å²) in [5.41, 5.74) is -0.875. The van der Waals surface area contributed by atoms with Gasteiger partial charge in [0.25, 0.3) is 0 Å². The van der Waals surface area contributed by atoms with Crippen molar-refractivity contribution in [3.63, 3.8) is 0 Å². The Balaban J connectivity index is 3.30. The fraction of sp³-hybridized carbons (Fsp3) is 0.545. The number of pyridine rings is 1. The highest BCUT2D eigenvalue weighted by atomic mass is 32.2. The Hall–Kier alpha value is -1.18. The van der Waals surface area contributed by atoms with E-state index in [0.29, 0.717) is 0 Å². The first-order chi connectivity index (χ1) is 8.27. The summed E-state index contributed by atoms with van der Waals surface area (Å²) in [6.45, 7) is 3.04. The van der Waals surface area contributed by atoms with E-state index in [4.69, 9.17) is 0 Å². The smallest absolute Gasteiger partial charge is 0.247 e. The number of nitrogens with one attached hydrogen (secondary N) is 1. The van der Waals surface area contributed by atoms with Crippen molar-refractivity contribution >= 4 is 15.8 Å². The minimum Gasteiger partial charge on any atom is -0.394 e. The fourth-order valence-corrected chi connectivity index (χ4v) is 3.01. The van der Waals surface area contributed by atoms with Crippen molar-refractivity contribution in [2.75, 3.05) is 26.0 Å². The van der Waals surface area contributed by atoms with Crippen LogP contribution >= 0.6 is 0 Å². The van der Waals surface area contributed by atoms with Gasteiger partial charge in [-0.1, -0.05) is 0 Å². The van der Waals surface area contributed by atoms with Crippen LogP contribution in [0.2, 0.25) is 0 Å². The standard InChI is InChI=1S/C11H19N3O3S/c1-11(2,8-15)14(4)18(16,17)9-6-5-7-13-10(9)12-3/h5-7,15H,8H2,1-4H3,(H,12,13). The predicted molar refractivity (Wildman–Crippen MR) is 69.9 cm³/mol. The number of anilines is 1. The molecule has 0 aliphatic carbocycles. The molecular formula is C11H19N3O3S. The van der Waals surface area contributed by atoms with Gasteiger partial charge in [-0.3, -0.25) is 0 Å². The van der Waals surface area contributed by atoms with Crippen molar-refractivity contribution in [2.45, 2.75) is 24.3 Å². The molecule has 0 radical (unpaired) electrons. The number of aromatic nitrogens is 1. The van der Waals surface area contributed by atoms with Gasteiger partial charge in [-0.25, -0.2) is 13.4 Å². The maximum atomic E-state index is 12.5. The molecule has 0 aromatic carbocycles. The van der Waals surface area contributed by atoms with Crippen molar-refractivity contribution in [1.82, 2.24) is 9.29 Å². The maximum Gasteiger partial charge on any atom is 0.247 e. The Labute approximate surface area is 108 Å². The molecule has 6 nitrogen and oxygen atoms in total. The maximum absolute atomic E-state index is 12.5. The molecule has 0 atom stereocenters. The van der Waals surface area contributed by atoms with Gasteiger partial charge >= 0.3 is 0 Å². The monoisotopic (exact) mass is 273 g/mol. The van der Waals surface area contributed by atoms with Gasteiger partial charge < -0.3 is 10.4 Å². The van der Waals surface area contributed by atoms with Gasteiger partial charge in [0.1, 0.15) is 10.7 Å². The van der Waals surface area contributed by atoms with Gasteiger partial charge in [-0.2, -0.15) is 4.31 Å². The van der Waals surface area contributed by atoms with Crippen molar-refractivity contribution in [1.29, 1.82) is 0 Å². The van der Waals surface area contributed by atoms with Crippen LogP contribution in [0.15, 0.2) is 23.2 Å². The van der Waals surface area contributed by atoms with E-state index in [0.717, 1.165) is 4.31 Å². The third kappa shape index (κ3) is 2.63. The average molecular weight is 273 g/mol. The van der Waals surface area contributed by atoms with E-state index < -0.39 is 15.6 Å². The Morgan fingerprint density at radius 1 is 1.50 bits per heavy atom. The van der Waals surface area contributed by atoms with Gasteiger partial charge in [-0.15, -0.1) is 0 Å². The van der Waals surface area contributed by atoms with Crippen LogP contribution in [0.3, 0.4) is 0 Å². The molecule has 18 heavy (non-hydrogen) atoms. The second-order valence-corrected chi connectivity index (χ2v) is 6.48. The van der Waals surface area contributed by atoms with E-state index in [1.807, 2.05) is 0 Å². The first-order valence-corrected chi connectivity index (χ1v) is 6.94. The summed E-state index contributed by atoms with van der Waals surface area (Å²) in [7, 11) is -0.651. The van der Waals surface area contributed by atoms with Gasteiger partial charge in [0.15, 0.2) is 0 Å². The Kier molecular flexibility index (Phi) is 4.31. The van der Waals surface area contributed by atoms with E-state index >= 15 is 0 Å². The molecule has 0 saturated heterocycles. The van der Waals surface area contributed by atoms with Crippen LogP contribution in [-0.4, -0.2) is 49.1 Å². The third-order valence-corrected chi connectivity index (χ3v) is 4.99. The van der Waals surface area contributed by atoms with E-state index in [1.54, 1.807) is 27.0 Å². The van der Waals surface area contributed by atoms with Crippen LogP contribution < -0.4 is 5.32 Å². The van der Waals surface area contributed by atoms with E-state index in [-0.39, 0.29) is 17.3 Å².